The molecule has 1 aliphatic rings. The summed E-state index contributed by atoms with van der Waals surface area (Å²) in [7, 11) is -0.848. The molecule has 0 spiro atoms. The van der Waals surface area contributed by atoms with Gasteiger partial charge in [0.25, 0.3) is 5.56 Å². The Labute approximate surface area is 137 Å². The molecule has 0 saturated carbocycles. The molecule has 134 valence electrons. The van der Waals surface area contributed by atoms with E-state index in [2.05, 4.69) is 4.98 Å². The van der Waals surface area contributed by atoms with Crippen molar-refractivity contribution in [3.8, 4) is 0 Å². The molecular formula is C14H20FN2O6P. The molecule has 1 aromatic rings. The molecule has 0 radical (unpaired) electrons. The number of alkyl halides is 1. The second-order valence-corrected chi connectivity index (χ2v) is 7.52. The summed E-state index contributed by atoms with van der Waals surface area (Å²) in [6.07, 6.45) is 0.730. The van der Waals surface area contributed by atoms with Gasteiger partial charge in [-0.1, -0.05) is 0 Å². The Morgan fingerprint density at radius 3 is 2.67 bits per heavy atom. The van der Waals surface area contributed by atoms with E-state index in [-0.39, 0.29) is 13.0 Å². The number of aromatic amines is 1. The normalized spacial score (nSPS) is 25.2. The van der Waals surface area contributed by atoms with Crippen LogP contribution in [0.5, 0.6) is 0 Å². The SMILES string of the molecule is COP(=O)(/C=C/C1C[C@@H](F)[C@H](n2cc(C)c(=O)[nH]c2=O)CO1)OC. The van der Waals surface area contributed by atoms with Crippen LogP contribution in [0, 0.1) is 6.92 Å². The topological polar surface area (TPSA) is 99.6 Å². The quantitative estimate of drug-likeness (QED) is 0.797. The van der Waals surface area contributed by atoms with Crippen LogP contribution in [0.15, 0.2) is 27.7 Å². The van der Waals surface area contributed by atoms with Gasteiger partial charge in [0.05, 0.1) is 18.8 Å². The van der Waals surface area contributed by atoms with Gasteiger partial charge in [0, 0.05) is 38.2 Å². The average molecular weight is 362 g/mol. The van der Waals surface area contributed by atoms with E-state index >= 15 is 0 Å². The largest absolute Gasteiger partial charge is 0.372 e. The number of nitrogens with one attached hydrogen (secondary N) is 1. The lowest BCUT2D eigenvalue weighted by atomic mass is 10.0. The fourth-order valence-corrected chi connectivity index (χ4v) is 3.19. The van der Waals surface area contributed by atoms with Gasteiger partial charge in [-0.2, -0.15) is 0 Å². The third kappa shape index (κ3) is 4.10. The van der Waals surface area contributed by atoms with Gasteiger partial charge < -0.3 is 13.8 Å². The third-order valence-electron chi connectivity index (χ3n) is 3.85. The number of aromatic nitrogens is 2. The van der Waals surface area contributed by atoms with Crippen molar-refractivity contribution in [2.24, 2.45) is 0 Å². The minimum atomic E-state index is -3.34. The molecule has 1 aliphatic heterocycles. The number of aryl methyl sites for hydroxylation is 1. The van der Waals surface area contributed by atoms with Gasteiger partial charge in [-0.05, 0) is 13.0 Å². The van der Waals surface area contributed by atoms with E-state index in [1.54, 1.807) is 0 Å². The predicted molar refractivity (Wildman–Crippen MR) is 85.1 cm³/mol. The van der Waals surface area contributed by atoms with Gasteiger partial charge in [-0.25, -0.2) is 9.18 Å². The van der Waals surface area contributed by atoms with E-state index in [1.807, 2.05) is 0 Å². The fourth-order valence-electron chi connectivity index (χ4n) is 2.39. The highest BCUT2D eigenvalue weighted by Crippen LogP contribution is 2.48. The second-order valence-electron chi connectivity index (χ2n) is 5.42. The molecule has 0 amide bonds. The minimum Gasteiger partial charge on any atom is -0.372 e. The van der Waals surface area contributed by atoms with Gasteiger partial charge in [0.1, 0.15) is 6.17 Å². The maximum absolute atomic E-state index is 14.5. The highest BCUT2D eigenvalue weighted by atomic mass is 31.2. The molecule has 1 unspecified atom stereocenters. The van der Waals surface area contributed by atoms with Crippen LogP contribution in [0.3, 0.4) is 0 Å². The first-order chi connectivity index (χ1) is 11.3. The zero-order valence-corrected chi connectivity index (χ0v) is 14.5. The lowest BCUT2D eigenvalue weighted by molar-refractivity contribution is -0.0298. The van der Waals surface area contributed by atoms with Crippen molar-refractivity contribution in [2.45, 2.75) is 31.7 Å². The number of halogens is 1. The molecule has 2 rings (SSSR count). The molecule has 24 heavy (non-hydrogen) atoms. The summed E-state index contributed by atoms with van der Waals surface area (Å²) >= 11 is 0. The van der Waals surface area contributed by atoms with E-state index in [1.165, 1.54) is 39.2 Å². The highest BCUT2D eigenvalue weighted by Gasteiger charge is 2.33. The average Bonchev–Trinajstić information content (AvgIpc) is 2.56. The lowest BCUT2D eigenvalue weighted by Crippen LogP contribution is -2.42. The summed E-state index contributed by atoms with van der Waals surface area (Å²) in [5, 5.41) is 0. The van der Waals surface area contributed by atoms with Crippen molar-refractivity contribution in [1.29, 1.82) is 0 Å². The first kappa shape index (κ1) is 18.8. The smallest absolute Gasteiger partial charge is 0.353 e. The molecule has 2 heterocycles. The zero-order valence-electron chi connectivity index (χ0n) is 13.6. The number of hydrogen-bond donors (Lipinski definition) is 1. The Bertz CT molecular complexity index is 765. The van der Waals surface area contributed by atoms with E-state index < -0.39 is 37.2 Å². The molecule has 1 saturated heterocycles. The van der Waals surface area contributed by atoms with Crippen molar-refractivity contribution >= 4 is 7.60 Å². The van der Waals surface area contributed by atoms with Gasteiger partial charge in [-0.15, -0.1) is 0 Å². The summed E-state index contributed by atoms with van der Waals surface area (Å²) in [4.78, 5) is 25.4. The van der Waals surface area contributed by atoms with Crippen molar-refractivity contribution in [1.82, 2.24) is 9.55 Å². The predicted octanol–water partition coefficient (Wildman–Crippen LogP) is 1.51. The summed E-state index contributed by atoms with van der Waals surface area (Å²) < 4.78 is 42.6. The van der Waals surface area contributed by atoms with E-state index in [0.717, 1.165) is 4.57 Å². The number of nitrogens with zero attached hydrogens (tertiary/aromatic N) is 1. The minimum absolute atomic E-state index is 0.0286. The van der Waals surface area contributed by atoms with E-state index in [4.69, 9.17) is 13.8 Å². The molecule has 0 bridgehead atoms. The number of rotatable bonds is 5. The van der Waals surface area contributed by atoms with Crippen LogP contribution in [0.25, 0.3) is 0 Å². The standard InChI is InChI=1S/C14H20FN2O6P/c1-9-7-17(14(19)16-13(9)18)12-8-23-10(6-11(12)15)4-5-24(20,21-2)22-3/h4-5,7,10-12H,6,8H2,1-3H3,(H,16,18,19)/b5-4+/t10?,11-,12-/m1/s1. The van der Waals surface area contributed by atoms with Crippen LogP contribution < -0.4 is 11.2 Å². The van der Waals surface area contributed by atoms with Crippen molar-refractivity contribution in [3.63, 3.8) is 0 Å². The summed E-state index contributed by atoms with van der Waals surface area (Å²) in [6, 6.07) is -0.839. The van der Waals surface area contributed by atoms with Crippen LogP contribution in [0.2, 0.25) is 0 Å². The molecule has 1 fully saturated rings. The number of ether oxygens (including phenoxy) is 1. The Hall–Kier alpha value is -1.54. The monoisotopic (exact) mass is 362 g/mol. The van der Waals surface area contributed by atoms with Crippen molar-refractivity contribution in [3.05, 3.63) is 44.5 Å². The van der Waals surface area contributed by atoms with Crippen molar-refractivity contribution < 1.29 is 22.7 Å². The number of hydrogen-bond acceptors (Lipinski definition) is 6. The highest BCUT2D eigenvalue weighted by molar-refractivity contribution is 7.57. The lowest BCUT2D eigenvalue weighted by Gasteiger charge is -2.31. The fraction of sp³-hybridized carbons (Fsp3) is 0.571. The first-order valence-electron chi connectivity index (χ1n) is 7.28. The van der Waals surface area contributed by atoms with Crippen molar-refractivity contribution in [2.75, 3.05) is 20.8 Å². The second kappa shape index (κ2) is 7.57. The summed E-state index contributed by atoms with van der Waals surface area (Å²) in [5.74, 6) is 1.22. The molecule has 3 atom stereocenters. The maximum atomic E-state index is 14.5. The Balaban J connectivity index is 2.13. The van der Waals surface area contributed by atoms with Gasteiger partial charge in [-0.3, -0.25) is 18.9 Å². The van der Waals surface area contributed by atoms with Gasteiger partial charge in [0.15, 0.2) is 0 Å². The van der Waals surface area contributed by atoms with Crippen LogP contribution in [0.4, 0.5) is 4.39 Å². The van der Waals surface area contributed by atoms with Gasteiger partial charge in [0.2, 0.25) is 0 Å². The Morgan fingerprint density at radius 2 is 2.08 bits per heavy atom. The Morgan fingerprint density at radius 1 is 1.42 bits per heavy atom. The molecular weight excluding hydrogens is 342 g/mol. The van der Waals surface area contributed by atoms with E-state index in [9.17, 15) is 18.5 Å². The molecule has 10 heteroatoms. The van der Waals surface area contributed by atoms with Gasteiger partial charge >= 0.3 is 13.3 Å². The number of H-pyrrole nitrogens is 1. The third-order valence-corrected chi connectivity index (χ3v) is 5.41. The summed E-state index contributed by atoms with van der Waals surface area (Å²) in [5.41, 5.74) is -0.872. The first-order valence-corrected chi connectivity index (χ1v) is 8.89. The van der Waals surface area contributed by atoms with Crippen LogP contribution in [-0.2, 0) is 18.3 Å². The molecule has 8 nitrogen and oxygen atoms in total. The van der Waals surface area contributed by atoms with Crippen LogP contribution >= 0.6 is 7.60 Å². The summed E-state index contributed by atoms with van der Waals surface area (Å²) in [6.45, 7) is 1.47. The zero-order chi connectivity index (χ0) is 17.9. The molecule has 0 aromatic carbocycles. The molecule has 0 aliphatic carbocycles. The molecule has 1 aromatic heterocycles. The van der Waals surface area contributed by atoms with E-state index in [0.29, 0.717) is 5.56 Å². The maximum Gasteiger partial charge on any atom is 0.353 e. The van der Waals surface area contributed by atoms with Crippen LogP contribution in [-0.4, -0.2) is 42.7 Å². The molecule has 1 N–H and O–H groups in total. The van der Waals surface area contributed by atoms with Crippen LogP contribution in [0.1, 0.15) is 18.0 Å². The Kier molecular flexibility index (Phi) is 5.92.